The molecule has 31 heavy (non-hydrogen) atoms. The van der Waals surface area contributed by atoms with Gasteiger partial charge in [-0.25, -0.2) is 5.43 Å². The van der Waals surface area contributed by atoms with Gasteiger partial charge in [-0.3, -0.25) is 9.59 Å². The van der Waals surface area contributed by atoms with E-state index in [-0.39, 0.29) is 19.2 Å². The SMILES string of the molecule is C.Cc1sc2cccc3c2c1CCN(C)C3=O.O=C1NN=Cc2csc3cccc1c23. The van der Waals surface area contributed by atoms with E-state index in [1.165, 1.54) is 20.5 Å². The molecule has 5 nitrogen and oxygen atoms in total. The highest BCUT2D eigenvalue weighted by Crippen LogP contribution is 2.35. The van der Waals surface area contributed by atoms with Gasteiger partial charge in [-0.2, -0.15) is 5.10 Å². The number of nitrogens with one attached hydrogen (secondary N) is 1. The van der Waals surface area contributed by atoms with Gasteiger partial charge in [0.1, 0.15) is 0 Å². The van der Waals surface area contributed by atoms with E-state index in [9.17, 15) is 9.59 Å². The van der Waals surface area contributed by atoms with Crippen molar-refractivity contribution in [2.45, 2.75) is 20.8 Å². The summed E-state index contributed by atoms with van der Waals surface area (Å²) in [5.74, 6) is 0.0196. The fourth-order valence-corrected chi connectivity index (χ4v) is 6.09. The number of carbonyl (C=O) groups is 2. The first-order valence-electron chi connectivity index (χ1n) is 9.64. The molecule has 2 aliphatic heterocycles. The van der Waals surface area contributed by atoms with Gasteiger partial charge in [-0.05, 0) is 43.2 Å². The summed E-state index contributed by atoms with van der Waals surface area (Å²) >= 11 is 3.43. The molecular formula is C24H23N3O2S2. The minimum Gasteiger partial charge on any atom is -0.341 e. The molecule has 0 saturated heterocycles. The number of hydrazone groups is 1. The molecule has 7 heteroatoms. The lowest BCUT2D eigenvalue weighted by Crippen LogP contribution is -2.27. The molecule has 0 bridgehead atoms. The average Bonchev–Trinajstić information content (AvgIpc) is 3.22. The van der Waals surface area contributed by atoms with Crippen LogP contribution in [0.5, 0.6) is 0 Å². The number of benzene rings is 2. The Hall–Kier alpha value is -3.03. The Balaban J connectivity index is 0.000000146. The summed E-state index contributed by atoms with van der Waals surface area (Å²) in [4.78, 5) is 26.9. The molecule has 0 atom stereocenters. The monoisotopic (exact) mass is 449 g/mol. The van der Waals surface area contributed by atoms with Crippen molar-refractivity contribution >= 4 is 60.9 Å². The van der Waals surface area contributed by atoms with Crippen molar-refractivity contribution in [3.8, 4) is 0 Å². The molecular weight excluding hydrogens is 426 g/mol. The number of likely N-dealkylation sites (N-methyl/N-ethyl adjacent to an activating group) is 1. The zero-order valence-electron chi connectivity index (χ0n) is 16.6. The molecule has 2 aromatic heterocycles. The van der Waals surface area contributed by atoms with Crippen LogP contribution in [0.2, 0.25) is 0 Å². The third-order valence-electron chi connectivity index (χ3n) is 5.53. The van der Waals surface area contributed by atoms with Crippen LogP contribution in [0.3, 0.4) is 0 Å². The number of rotatable bonds is 0. The maximum atomic E-state index is 12.2. The summed E-state index contributed by atoms with van der Waals surface area (Å²) in [5, 5.41) is 8.06. The van der Waals surface area contributed by atoms with Gasteiger partial charge >= 0.3 is 0 Å². The Morgan fingerprint density at radius 3 is 2.58 bits per heavy atom. The van der Waals surface area contributed by atoms with E-state index in [1.54, 1.807) is 28.9 Å². The molecule has 0 fully saturated rings. The zero-order valence-corrected chi connectivity index (χ0v) is 18.2. The standard InChI is InChI=1S/C13H13NOS.C10H6N2OS.CH4/c1-8-9-6-7-14(2)13(15)10-4-3-5-11(16-8)12(9)10;13-10-7-2-1-3-8-9(7)6(5-14-8)4-11-12-10;/h3-5H,6-7H2,1-2H3;1-5H,(H,12,13);1H4. The minimum atomic E-state index is -0.135. The average molecular weight is 450 g/mol. The van der Waals surface area contributed by atoms with E-state index in [1.807, 2.05) is 47.7 Å². The first-order chi connectivity index (χ1) is 14.5. The number of nitrogens with zero attached hydrogens (tertiary/aromatic N) is 2. The maximum absolute atomic E-state index is 12.2. The largest absolute Gasteiger partial charge is 0.341 e. The molecule has 2 aliphatic rings. The van der Waals surface area contributed by atoms with Crippen molar-refractivity contribution in [3.63, 3.8) is 0 Å². The predicted octanol–water partition coefficient (Wildman–Crippen LogP) is 5.45. The summed E-state index contributed by atoms with van der Waals surface area (Å²) in [6.07, 6.45) is 2.66. The fraction of sp³-hybridized carbons (Fsp3) is 0.208. The predicted molar refractivity (Wildman–Crippen MR) is 131 cm³/mol. The summed E-state index contributed by atoms with van der Waals surface area (Å²) in [5.41, 5.74) is 6.43. The molecule has 4 aromatic rings. The van der Waals surface area contributed by atoms with Crippen LogP contribution in [0, 0.1) is 6.92 Å². The molecule has 0 aliphatic carbocycles. The summed E-state index contributed by atoms with van der Waals surface area (Å²) in [6.45, 7) is 2.97. The van der Waals surface area contributed by atoms with Gasteiger partial charge in [-0.15, -0.1) is 22.7 Å². The van der Waals surface area contributed by atoms with Crippen molar-refractivity contribution in [1.82, 2.24) is 10.3 Å². The van der Waals surface area contributed by atoms with Crippen LogP contribution >= 0.6 is 22.7 Å². The Bertz CT molecular complexity index is 1350. The highest BCUT2D eigenvalue weighted by atomic mass is 32.1. The summed E-state index contributed by atoms with van der Waals surface area (Å²) in [7, 11) is 1.88. The molecule has 0 unspecified atom stereocenters. The lowest BCUT2D eigenvalue weighted by Gasteiger charge is -2.14. The Kier molecular flexibility index (Phi) is 5.64. The highest BCUT2D eigenvalue weighted by molar-refractivity contribution is 7.19. The number of hydrogen-bond donors (Lipinski definition) is 1. The van der Waals surface area contributed by atoms with Gasteiger partial charge in [0, 0.05) is 55.1 Å². The Labute approximate surface area is 189 Å². The first kappa shape index (κ1) is 21.2. The van der Waals surface area contributed by atoms with Gasteiger partial charge in [-0.1, -0.05) is 19.6 Å². The van der Waals surface area contributed by atoms with E-state index >= 15 is 0 Å². The molecule has 2 amide bonds. The molecule has 2 aromatic carbocycles. The van der Waals surface area contributed by atoms with Crippen LogP contribution in [-0.2, 0) is 6.42 Å². The molecule has 1 N–H and O–H groups in total. The quantitative estimate of drug-likeness (QED) is 0.388. The lowest BCUT2D eigenvalue weighted by molar-refractivity contribution is 0.0801. The molecule has 4 heterocycles. The number of carbonyl (C=O) groups excluding carboxylic acids is 2. The topological polar surface area (TPSA) is 61.8 Å². The van der Waals surface area contributed by atoms with E-state index in [0.29, 0.717) is 5.56 Å². The summed E-state index contributed by atoms with van der Waals surface area (Å²) in [6, 6.07) is 11.8. The van der Waals surface area contributed by atoms with Gasteiger partial charge in [0.05, 0.1) is 11.8 Å². The van der Waals surface area contributed by atoms with Crippen LogP contribution in [0.1, 0.15) is 44.1 Å². The van der Waals surface area contributed by atoms with E-state index < -0.39 is 0 Å². The second kappa shape index (κ2) is 8.24. The normalized spacial score (nSPS) is 14.5. The maximum Gasteiger partial charge on any atom is 0.272 e. The van der Waals surface area contributed by atoms with Gasteiger partial charge in [0.15, 0.2) is 0 Å². The van der Waals surface area contributed by atoms with Crippen LogP contribution in [-0.4, -0.2) is 36.5 Å². The Morgan fingerprint density at radius 2 is 1.77 bits per heavy atom. The van der Waals surface area contributed by atoms with Crippen molar-refractivity contribution in [3.05, 3.63) is 68.9 Å². The van der Waals surface area contributed by atoms with E-state index in [0.717, 1.165) is 34.2 Å². The fourth-order valence-electron chi connectivity index (χ4n) is 4.01. The number of aryl methyl sites for hydroxylation is 1. The number of hydrogen-bond acceptors (Lipinski definition) is 5. The van der Waals surface area contributed by atoms with Crippen molar-refractivity contribution in [2.24, 2.45) is 5.10 Å². The highest BCUT2D eigenvalue weighted by Gasteiger charge is 2.23. The van der Waals surface area contributed by atoms with Crippen LogP contribution in [0.15, 0.2) is 46.9 Å². The van der Waals surface area contributed by atoms with Crippen molar-refractivity contribution < 1.29 is 9.59 Å². The zero-order chi connectivity index (χ0) is 20.8. The molecule has 0 saturated carbocycles. The molecule has 158 valence electrons. The molecule has 0 radical (unpaired) electrons. The molecule has 6 rings (SSSR count). The first-order valence-corrected chi connectivity index (χ1v) is 11.3. The van der Waals surface area contributed by atoms with Crippen LogP contribution in [0.4, 0.5) is 0 Å². The minimum absolute atomic E-state index is 0. The second-order valence-electron chi connectivity index (χ2n) is 7.36. The van der Waals surface area contributed by atoms with Gasteiger partial charge < -0.3 is 4.90 Å². The van der Waals surface area contributed by atoms with Crippen LogP contribution < -0.4 is 5.43 Å². The smallest absolute Gasteiger partial charge is 0.272 e. The number of amides is 2. The number of thiophene rings is 2. The Morgan fingerprint density at radius 1 is 1.03 bits per heavy atom. The third kappa shape index (κ3) is 3.54. The van der Waals surface area contributed by atoms with Crippen molar-refractivity contribution in [2.75, 3.05) is 13.6 Å². The lowest BCUT2D eigenvalue weighted by atomic mass is 10.0. The third-order valence-corrected chi connectivity index (χ3v) is 7.61. The van der Waals surface area contributed by atoms with Gasteiger partial charge in [0.25, 0.3) is 11.8 Å². The second-order valence-corrected chi connectivity index (χ2v) is 9.53. The summed E-state index contributed by atoms with van der Waals surface area (Å²) < 4.78 is 2.37. The molecule has 0 spiro atoms. The van der Waals surface area contributed by atoms with Crippen molar-refractivity contribution in [1.29, 1.82) is 0 Å². The van der Waals surface area contributed by atoms with E-state index in [2.05, 4.69) is 23.5 Å². The van der Waals surface area contributed by atoms with E-state index in [4.69, 9.17) is 0 Å². The van der Waals surface area contributed by atoms with Gasteiger partial charge in [0.2, 0.25) is 0 Å². The van der Waals surface area contributed by atoms with Crippen LogP contribution in [0.25, 0.3) is 20.2 Å².